The monoisotopic (exact) mass is 788 g/mol. The molecule has 2 saturated heterocycles. The molecule has 3 aliphatic carbocycles. The smallest absolute Gasteiger partial charge is 0.410 e. The number of aryl methyl sites for hydroxylation is 1. The van der Waals surface area contributed by atoms with Gasteiger partial charge in [-0.25, -0.2) is 9.78 Å². The van der Waals surface area contributed by atoms with Crippen LogP contribution in [0.25, 0.3) is 10.9 Å². The van der Waals surface area contributed by atoms with Crippen molar-refractivity contribution in [1.29, 1.82) is 0 Å². The van der Waals surface area contributed by atoms with Crippen LogP contribution in [-0.2, 0) is 28.7 Å². The Labute approximate surface area is 333 Å². The fourth-order valence-corrected chi connectivity index (χ4v) is 8.20. The fraction of sp³-hybridized carbons (Fsp3) is 0.643. The summed E-state index contributed by atoms with van der Waals surface area (Å²) in [7, 11) is 0. The number of benzene rings is 1. The molecule has 1 aromatic carbocycles. The molecular weight excluding hydrogens is 732 g/mol. The van der Waals surface area contributed by atoms with E-state index in [-0.39, 0.29) is 93.0 Å². The first-order valence-corrected chi connectivity index (χ1v) is 21.0. The van der Waals surface area contributed by atoms with E-state index in [0.717, 1.165) is 76.2 Å². The molecule has 7 rings (SSSR count). The number of fused-ring (bicyclic) bond motifs is 1. The Morgan fingerprint density at radius 2 is 1.58 bits per heavy atom. The van der Waals surface area contributed by atoms with Gasteiger partial charge in [0.25, 0.3) is 11.8 Å². The van der Waals surface area contributed by atoms with E-state index >= 15 is 0 Å². The topological polar surface area (TPSA) is 177 Å². The van der Waals surface area contributed by atoms with Crippen LogP contribution >= 0.6 is 0 Å². The SMILES string of the molecule is Cc1ccc2c(OCC(=O)N3CCCC3C(=O)NC3CCC3)cc(C(=O)NC(CCC(=O)OCC3CCCC3)C(=O)N3CCN(C(=O)OC4CCC4)CC3)nc2c1. The van der Waals surface area contributed by atoms with Gasteiger partial charge in [-0.3, -0.25) is 24.0 Å². The Hall–Kier alpha value is -4.95. The number of aromatic nitrogens is 1. The summed E-state index contributed by atoms with van der Waals surface area (Å²) in [6.07, 6.45) is 10.9. The lowest BCUT2D eigenvalue weighted by atomic mass is 9.93. The molecule has 57 heavy (non-hydrogen) atoms. The summed E-state index contributed by atoms with van der Waals surface area (Å²) in [6.45, 7) is 3.43. The predicted molar refractivity (Wildman–Crippen MR) is 208 cm³/mol. The van der Waals surface area contributed by atoms with Crippen LogP contribution in [0.5, 0.6) is 5.75 Å². The number of esters is 1. The minimum absolute atomic E-state index is 0.00782. The summed E-state index contributed by atoms with van der Waals surface area (Å²) in [5.74, 6) is -1.31. The highest BCUT2D eigenvalue weighted by molar-refractivity contribution is 5.99. The summed E-state index contributed by atoms with van der Waals surface area (Å²) >= 11 is 0. The van der Waals surface area contributed by atoms with Crippen molar-refractivity contribution in [3.63, 3.8) is 0 Å². The van der Waals surface area contributed by atoms with Gasteiger partial charge in [0.15, 0.2) is 6.61 Å². The zero-order valence-electron chi connectivity index (χ0n) is 33.0. The second-order valence-corrected chi connectivity index (χ2v) is 16.3. The molecule has 2 N–H and O–H groups in total. The van der Waals surface area contributed by atoms with Gasteiger partial charge in [-0.15, -0.1) is 0 Å². The van der Waals surface area contributed by atoms with Crippen molar-refractivity contribution in [1.82, 2.24) is 30.3 Å². The van der Waals surface area contributed by atoms with Gasteiger partial charge in [-0.2, -0.15) is 0 Å². The number of pyridine rings is 1. The highest BCUT2D eigenvalue weighted by Crippen LogP contribution is 2.29. The van der Waals surface area contributed by atoms with Crippen LogP contribution in [0.15, 0.2) is 24.3 Å². The zero-order chi connectivity index (χ0) is 39.9. The van der Waals surface area contributed by atoms with E-state index in [0.29, 0.717) is 36.4 Å². The Morgan fingerprint density at radius 1 is 0.842 bits per heavy atom. The summed E-state index contributed by atoms with van der Waals surface area (Å²) < 4.78 is 17.2. The molecule has 2 atom stereocenters. The molecule has 0 bridgehead atoms. The van der Waals surface area contributed by atoms with E-state index in [4.69, 9.17) is 14.2 Å². The van der Waals surface area contributed by atoms with Gasteiger partial charge in [0.2, 0.25) is 11.8 Å². The van der Waals surface area contributed by atoms with Gasteiger partial charge < -0.3 is 39.5 Å². The van der Waals surface area contributed by atoms with E-state index < -0.39 is 24.0 Å². The lowest BCUT2D eigenvalue weighted by molar-refractivity contribution is -0.145. The van der Waals surface area contributed by atoms with Crippen LogP contribution in [0.3, 0.4) is 0 Å². The lowest BCUT2D eigenvalue weighted by Crippen LogP contribution is -2.56. The van der Waals surface area contributed by atoms with Crippen molar-refractivity contribution in [2.24, 2.45) is 5.92 Å². The molecule has 2 aromatic rings. The number of nitrogens with zero attached hydrogens (tertiary/aromatic N) is 4. The van der Waals surface area contributed by atoms with E-state index in [9.17, 15) is 28.8 Å². The van der Waals surface area contributed by atoms with Gasteiger partial charge in [0.1, 0.15) is 29.6 Å². The Morgan fingerprint density at radius 3 is 2.28 bits per heavy atom. The fourth-order valence-electron chi connectivity index (χ4n) is 8.20. The molecule has 0 spiro atoms. The van der Waals surface area contributed by atoms with Crippen LogP contribution in [-0.4, -0.2) is 126 Å². The maximum absolute atomic E-state index is 14.0. The van der Waals surface area contributed by atoms with Gasteiger partial charge >= 0.3 is 12.1 Å². The molecular formula is C42H56N6O9. The van der Waals surface area contributed by atoms with E-state index in [2.05, 4.69) is 15.6 Å². The van der Waals surface area contributed by atoms with Crippen LogP contribution in [0.1, 0.15) is 106 Å². The van der Waals surface area contributed by atoms with Crippen molar-refractivity contribution in [2.75, 3.05) is 45.9 Å². The molecule has 5 fully saturated rings. The van der Waals surface area contributed by atoms with Crippen molar-refractivity contribution in [3.05, 3.63) is 35.5 Å². The number of hydrogen-bond donors (Lipinski definition) is 2. The molecule has 3 heterocycles. The third-order valence-corrected chi connectivity index (χ3v) is 12.2. The Balaban J connectivity index is 1.03. The number of ether oxygens (including phenoxy) is 3. The second-order valence-electron chi connectivity index (χ2n) is 16.3. The van der Waals surface area contributed by atoms with Gasteiger partial charge in [-0.1, -0.05) is 18.9 Å². The highest BCUT2D eigenvalue weighted by Gasteiger charge is 2.36. The van der Waals surface area contributed by atoms with Crippen LogP contribution in [0, 0.1) is 12.8 Å². The molecule has 2 aliphatic heterocycles. The standard InChI is InChI=1S/C42H56N6O9/c1-27-14-15-31-33(23-27)44-34(24-36(31)55-26-37(49)48-18-6-13-35(48)40(52)43-29-9-4-10-29)39(51)45-32(16-17-38(50)56-25-28-7-2-3-8-28)41(53)46-19-21-47(22-20-46)42(54)57-30-11-5-12-30/h14-15,23-24,28-30,32,35H,2-13,16-22,25-26H2,1H3,(H,43,52)(H,45,51). The average Bonchev–Trinajstić information content (AvgIpc) is 3.90. The molecule has 1 aromatic heterocycles. The molecule has 5 aliphatic rings. The first-order valence-electron chi connectivity index (χ1n) is 21.0. The highest BCUT2D eigenvalue weighted by atomic mass is 16.6. The third-order valence-electron chi connectivity index (χ3n) is 12.2. The average molecular weight is 789 g/mol. The number of rotatable bonds is 14. The number of likely N-dealkylation sites (tertiary alicyclic amines) is 1. The number of hydrogen-bond acceptors (Lipinski definition) is 10. The second kappa shape index (κ2) is 18.5. The summed E-state index contributed by atoms with van der Waals surface area (Å²) in [5.41, 5.74) is 1.33. The first-order chi connectivity index (χ1) is 27.6. The molecule has 0 radical (unpaired) electrons. The van der Waals surface area contributed by atoms with E-state index in [1.54, 1.807) is 20.8 Å². The molecule has 3 saturated carbocycles. The molecule has 5 amide bonds. The minimum Gasteiger partial charge on any atom is -0.483 e. The zero-order valence-corrected chi connectivity index (χ0v) is 33.0. The van der Waals surface area contributed by atoms with Crippen LogP contribution in [0.4, 0.5) is 4.79 Å². The summed E-state index contributed by atoms with van der Waals surface area (Å²) in [6, 6.07) is 5.50. The van der Waals surface area contributed by atoms with Gasteiger partial charge in [-0.05, 0) is 101 Å². The van der Waals surface area contributed by atoms with Crippen molar-refractivity contribution >= 4 is 46.6 Å². The van der Waals surface area contributed by atoms with Gasteiger partial charge in [0.05, 0.1) is 12.1 Å². The number of carbonyl (C=O) groups is 6. The normalized spacial score (nSPS) is 20.7. The first kappa shape index (κ1) is 40.3. The van der Waals surface area contributed by atoms with Crippen molar-refractivity contribution < 1.29 is 43.0 Å². The molecule has 15 nitrogen and oxygen atoms in total. The predicted octanol–water partition coefficient (Wildman–Crippen LogP) is 4.03. The molecule has 15 heteroatoms. The largest absolute Gasteiger partial charge is 0.483 e. The van der Waals surface area contributed by atoms with Crippen LogP contribution in [0.2, 0.25) is 0 Å². The Bertz CT molecular complexity index is 1820. The molecule has 2 unspecified atom stereocenters. The Kier molecular flexibility index (Phi) is 13.1. The maximum atomic E-state index is 14.0. The third kappa shape index (κ3) is 10.1. The number of piperazine rings is 1. The number of amides is 5. The summed E-state index contributed by atoms with van der Waals surface area (Å²) in [4.78, 5) is 89.4. The van der Waals surface area contributed by atoms with E-state index in [1.165, 1.54) is 6.07 Å². The minimum atomic E-state index is -1.08. The van der Waals surface area contributed by atoms with E-state index in [1.807, 2.05) is 19.1 Å². The number of carbonyl (C=O) groups excluding carboxylic acids is 6. The number of nitrogens with one attached hydrogen (secondary N) is 2. The van der Waals surface area contributed by atoms with Gasteiger partial charge in [0, 0.05) is 56.6 Å². The lowest BCUT2D eigenvalue weighted by Gasteiger charge is -2.37. The van der Waals surface area contributed by atoms with Crippen molar-refractivity contribution in [3.8, 4) is 5.75 Å². The van der Waals surface area contributed by atoms with Crippen LogP contribution < -0.4 is 15.4 Å². The quantitative estimate of drug-likeness (QED) is 0.266. The molecule has 308 valence electrons. The maximum Gasteiger partial charge on any atom is 0.410 e. The summed E-state index contributed by atoms with van der Waals surface area (Å²) in [5, 5.41) is 6.49. The van der Waals surface area contributed by atoms with Crippen molar-refractivity contribution in [2.45, 2.75) is 121 Å².